The molecule has 1 unspecified atom stereocenters. The molecular weight excluding hydrogens is 657 g/mol. The Morgan fingerprint density at radius 2 is 1.73 bits per heavy atom. The largest absolute Gasteiger partial charge is 0.512 e. The third-order valence-corrected chi connectivity index (χ3v) is 6.90. The number of rotatable bonds is 3. The van der Waals surface area contributed by atoms with Crippen LogP contribution in [0.15, 0.2) is 84.1 Å². The molecule has 3 aromatic heterocycles. The van der Waals surface area contributed by atoms with Crippen molar-refractivity contribution in [2.24, 2.45) is 0 Å². The SMILES string of the molecule is C/C(O)=C(\c1ccccc1)C(C)O.CC(C)(C)c1c[c-]c(-c2nc3cccnc3c3sccc23)cc1.[Ir]. The Hall–Kier alpha value is -2.89. The van der Waals surface area contributed by atoms with Gasteiger partial charge in [0.2, 0.25) is 0 Å². The van der Waals surface area contributed by atoms with Crippen molar-refractivity contribution in [2.45, 2.75) is 46.1 Å². The molecule has 193 valence electrons. The van der Waals surface area contributed by atoms with Gasteiger partial charge in [0.1, 0.15) is 5.52 Å². The van der Waals surface area contributed by atoms with E-state index in [1.165, 1.54) is 10.3 Å². The summed E-state index contributed by atoms with van der Waals surface area (Å²) in [7, 11) is 0. The van der Waals surface area contributed by atoms with Gasteiger partial charge in [-0.25, -0.2) is 0 Å². The molecule has 0 amide bonds. The minimum absolute atomic E-state index is 0. The zero-order valence-electron chi connectivity index (χ0n) is 21.6. The van der Waals surface area contributed by atoms with Gasteiger partial charge in [0.25, 0.3) is 0 Å². The molecule has 3 heterocycles. The fraction of sp³-hybridized carbons (Fsp3) is 0.226. The molecule has 37 heavy (non-hydrogen) atoms. The number of aliphatic hydroxyl groups excluding tert-OH is 2. The van der Waals surface area contributed by atoms with Gasteiger partial charge in [-0.15, -0.1) is 46.7 Å². The molecule has 0 saturated carbocycles. The Morgan fingerprint density at radius 1 is 1.00 bits per heavy atom. The zero-order valence-corrected chi connectivity index (χ0v) is 24.8. The number of nitrogens with zero attached hydrogens (tertiary/aromatic N) is 2. The summed E-state index contributed by atoms with van der Waals surface area (Å²) in [4.78, 5) is 9.35. The Morgan fingerprint density at radius 3 is 2.32 bits per heavy atom. The van der Waals surface area contributed by atoms with E-state index in [1.807, 2.05) is 48.7 Å². The summed E-state index contributed by atoms with van der Waals surface area (Å²) in [5.41, 5.74) is 6.80. The van der Waals surface area contributed by atoms with Crippen LogP contribution in [0.4, 0.5) is 0 Å². The van der Waals surface area contributed by atoms with Crippen molar-refractivity contribution in [1.82, 2.24) is 9.97 Å². The molecule has 1 radical (unpaired) electrons. The number of hydrogen-bond donors (Lipinski definition) is 2. The Labute approximate surface area is 236 Å². The number of benzene rings is 2. The molecule has 5 aromatic rings. The topological polar surface area (TPSA) is 66.2 Å². The van der Waals surface area contributed by atoms with Crippen LogP contribution in [0.3, 0.4) is 0 Å². The first-order chi connectivity index (χ1) is 17.2. The van der Waals surface area contributed by atoms with E-state index in [1.54, 1.807) is 25.2 Å². The molecule has 1 atom stereocenters. The number of aliphatic hydroxyl groups is 2. The van der Waals surface area contributed by atoms with Crippen molar-refractivity contribution in [1.29, 1.82) is 0 Å². The second kappa shape index (κ2) is 12.1. The van der Waals surface area contributed by atoms with Crippen molar-refractivity contribution >= 4 is 38.0 Å². The second-order valence-electron chi connectivity index (χ2n) is 9.78. The first-order valence-electron chi connectivity index (χ1n) is 11.9. The smallest absolute Gasteiger partial charge is 0.105 e. The first-order valence-corrected chi connectivity index (χ1v) is 12.8. The third kappa shape index (κ3) is 6.52. The standard InChI is InChI=1S/C20H17N2S.C11H14O2.Ir/c1-20(2,3)14-8-6-13(7-9-14)17-15-10-12-23-19(15)18-16(22-17)5-4-11-21-18;1-8(12)11(9(2)13)10-6-4-3-5-7-10;/h4-6,8-12H,1-3H3;3-8,12-13H,1-2H3;/q-1;;/b;11-9+;. The zero-order chi connectivity index (χ0) is 25.9. The van der Waals surface area contributed by atoms with Crippen LogP contribution in [0, 0.1) is 6.07 Å². The van der Waals surface area contributed by atoms with Crippen LogP contribution in [0.1, 0.15) is 45.7 Å². The maximum atomic E-state index is 9.42. The number of pyridine rings is 2. The molecule has 0 bridgehead atoms. The number of allylic oxidation sites excluding steroid dienone is 1. The molecule has 0 spiro atoms. The second-order valence-corrected chi connectivity index (χ2v) is 10.7. The van der Waals surface area contributed by atoms with Crippen molar-refractivity contribution in [2.75, 3.05) is 0 Å². The monoisotopic (exact) mass is 688 g/mol. The summed E-state index contributed by atoms with van der Waals surface area (Å²) in [6.45, 7) is 9.86. The van der Waals surface area contributed by atoms with Crippen LogP contribution < -0.4 is 0 Å². The van der Waals surface area contributed by atoms with E-state index >= 15 is 0 Å². The van der Waals surface area contributed by atoms with Gasteiger partial charge < -0.3 is 10.2 Å². The number of aromatic nitrogens is 2. The van der Waals surface area contributed by atoms with Gasteiger partial charge in [-0.2, -0.15) is 0 Å². The first kappa shape index (κ1) is 28.7. The molecular formula is C31H31IrN2O2S-. The van der Waals surface area contributed by atoms with Crippen LogP contribution in [-0.4, -0.2) is 26.3 Å². The average Bonchev–Trinajstić information content (AvgIpc) is 3.34. The fourth-order valence-electron chi connectivity index (χ4n) is 4.14. The number of thiophene rings is 1. The molecule has 0 aliphatic rings. The van der Waals surface area contributed by atoms with E-state index in [9.17, 15) is 10.2 Å². The van der Waals surface area contributed by atoms with Gasteiger partial charge in [0.05, 0.1) is 22.1 Å². The van der Waals surface area contributed by atoms with Gasteiger partial charge in [-0.3, -0.25) is 9.97 Å². The van der Waals surface area contributed by atoms with Crippen LogP contribution in [-0.2, 0) is 25.5 Å². The molecule has 0 fully saturated rings. The van der Waals surface area contributed by atoms with E-state index in [0.29, 0.717) is 5.57 Å². The minimum atomic E-state index is -0.646. The van der Waals surface area contributed by atoms with Crippen LogP contribution in [0.5, 0.6) is 0 Å². The van der Waals surface area contributed by atoms with Gasteiger partial charge in [0, 0.05) is 31.9 Å². The van der Waals surface area contributed by atoms with Gasteiger partial charge in [-0.05, 0) is 53.4 Å². The predicted molar refractivity (Wildman–Crippen MR) is 151 cm³/mol. The van der Waals surface area contributed by atoms with Crippen LogP contribution >= 0.6 is 11.3 Å². The Bertz CT molecular complexity index is 1500. The quantitative estimate of drug-likeness (QED) is 0.149. The Balaban J connectivity index is 0.000000234. The maximum Gasteiger partial charge on any atom is 0.105 e. The molecule has 0 aliphatic carbocycles. The molecule has 5 rings (SSSR count). The van der Waals surface area contributed by atoms with E-state index < -0.39 is 6.10 Å². The molecule has 6 heteroatoms. The van der Waals surface area contributed by atoms with E-state index in [2.05, 4.69) is 61.5 Å². The molecule has 2 N–H and O–H groups in total. The average molecular weight is 688 g/mol. The summed E-state index contributed by atoms with van der Waals surface area (Å²) >= 11 is 1.72. The van der Waals surface area contributed by atoms with Gasteiger partial charge >= 0.3 is 0 Å². The van der Waals surface area contributed by atoms with Crippen LogP contribution in [0.25, 0.3) is 38.0 Å². The number of hydrogen-bond acceptors (Lipinski definition) is 5. The molecule has 4 nitrogen and oxygen atoms in total. The van der Waals surface area contributed by atoms with Crippen LogP contribution in [0.2, 0.25) is 0 Å². The summed E-state index contributed by atoms with van der Waals surface area (Å²) in [6.07, 6.45) is 1.18. The Kier molecular flexibility index (Phi) is 9.38. The predicted octanol–water partition coefficient (Wildman–Crippen LogP) is 7.96. The third-order valence-electron chi connectivity index (χ3n) is 5.98. The fourth-order valence-corrected chi connectivity index (χ4v) is 5.04. The van der Waals surface area contributed by atoms with Gasteiger partial charge in [-0.1, -0.05) is 57.2 Å². The maximum absolute atomic E-state index is 9.42. The summed E-state index contributed by atoms with van der Waals surface area (Å²) in [5.74, 6) is 0.168. The van der Waals surface area contributed by atoms with Crippen molar-refractivity contribution in [3.05, 3.63) is 101 Å². The summed E-state index contributed by atoms with van der Waals surface area (Å²) in [5, 5.41) is 22.0. The summed E-state index contributed by atoms with van der Waals surface area (Å²) in [6, 6.07) is 25.3. The van der Waals surface area contributed by atoms with E-state index in [-0.39, 0.29) is 31.3 Å². The molecule has 2 aromatic carbocycles. The van der Waals surface area contributed by atoms with Crippen molar-refractivity contribution in [3.63, 3.8) is 0 Å². The summed E-state index contributed by atoms with van der Waals surface area (Å²) < 4.78 is 1.19. The van der Waals surface area contributed by atoms with Crippen molar-refractivity contribution < 1.29 is 30.3 Å². The molecule has 0 saturated heterocycles. The van der Waals surface area contributed by atoms with E-state index in [4.69, 9.17) is 4.98 Å². The van der Waals surface area contributed by atoms with Crippen molar-refractivity contribution in [3.8, 4) is 11.3 Å². The normalized spacial score (nSPS) is 12.8. The molecule has 0 aliphatic heterocycles. The van der Waals surface area contributed by atoms with Gasteiger partial charge in [0.15, 0.2) is 0 Å². The minimum Gasteiger partial charge on any atom is -0.512 e. The number of fused-ring (bicyclic) bond motifs is 3. The van der Waals surface area contributed by atoms with E-state index in [0.717, 1.165) is 33.2 Å².